The Bertz CT molecular complexity index is 1250. The van der Waals surface area contributed by atoms with Crippen molar-refractivity contribution < 1.29 is 32.3 Å². The number of hydrogen-bond acceptors (Lipinski definition) is 6. The number of benzene rings is 1. The van der Waals surface area contributed by atoms with E-state index >= 15 is 0 Å². The number of amides is 3. The first kappa shape index (κ1) is 31.3. The van der Waals surface area contributed by atoms with Crippen molar-refractivity contribution in [2.45, 2.75) is 45.3 Å². The fraction of sp³-hybridized carbons (Fsp3) is 0.536. The summed E-state index contributed by atoms with van der Waals surface area (Å²) in [5.41, 5.74) is -1.40. The number of thiophene rings is 1. The molecule has 1 atom stereocenters. The van der Waals surface area contributed by atoms with E-state index in [9.17, 15) is 27.6 Å². The Morgan fingerprint density at radius 2 is 1.98 bits per heavy atom. The molecular weight excluding hydrogens is 581 g/mol. The standard InChI is InChI=1S/C28H34ClF3N4O4S/c1-17(2)14-35(15-18-4-3-5-18)22(13-33-27(39)23-8-9-24(29)41-23)26(38)34-21-7-6-19(12-20(21)28(30,31)32)36-10-11-40-16-25(36)37/h6-9,12,17-18,22H,3-5,10-11,13-16H2,1-2H3,(H,33,39)(H,34,38)/t22-/m0/s1. The molecule has 0 unspecified atom stereocenters. The number of halogens is 4. The van der Waals surface area contributed by atoms with Crippen LogP contribution >= 0.6 is 22.9 Å². The van der Waals surface area contributed by atoms with E-state index in [-0.39, 0.29) is 37.9 Å². The van der Waals surface area contributed by atoms with Crippen LogP contribution in [0.3, 0.4) is 0 Å². The molecule has 4 rings (SSSR count). The normalized spacial score (nSPS) is 17.1. The smallest absolute Gasteiger partial charge is 0.370 e. The molecule has 13 heteroatoms. The van der Waals surface area contributed by atoms with E-state index in [1.807, 2.05) is 18.7 Å². The Labute approximate surface area is 246 Å². The number of rotatable bonds is 11. The molecule has 8 nitrogen and oxygen atoms in total. The van der Waals surface area contributed by atoms with Gasteiger partial charge in [0.25, 0.3) is 11.8 Å². The molecule has 1 aromatic heterocycles. The molecule has 1 aromatic carbocycles. The molecule has 2 heterocycles. The summed E-state index contributed by atoms with van der Waals surface area (Å²) in [4.78, 5) is 42.3. The fourth-order valence-corrected chi connectivity index (χ4v) is 5.92. The van der Waals surface area contributed by atoms with E-state index in [0.717, 1.165) is 36.7 Å². The molecule has 1 aliphatic carbocycles. The summed E-state index contributed by atoms with van der Waals surface area (Å²) >= 11 is 7.06. The molecule has 1 aliphatic heterocycles. The maximum atomic E-state index is 14.2. The molecule has 2 aromatic rings. The van der Waals surface area contributed by atoms with Crippen molar-refractivity contribution in [2.75, 3.05) is 49.6 Å². The quantitative estimate of drug-likeness (QED) is 0.360. The second kappa shape index (κ2) is 13.5. The highest BCUT2D eigenvalue weighted by molar-refractivity contribution is 7.18. The number of carbonyl (C=O) groups is 3. The van der Waals surface area contributed by atoms with E-state index in [1.54, 1.807) is 12.1 Å². The van der Waals surface area contributed by atoms with Crippen molar-refractivity contribution in [1.29, 1.82) is 0 Å². The van der Waals surface area contributed by atoms with E-state index in [4.69, 9.17) is 16.3 Å². The van der Waals surface area contributed by atoms with Crippen LogP contribution in [0.1, 0.15) is 48.3 Å². The van der Waals surface area contributed by atoms with Crippen LogP contribution in [0.25, 0.3) is 0 Å². The fourth-order valence-electron chi connectivity index (χ4n) is 4.96. The van der Waals surface area contributed by atoms with Gasteiger partial charge in [0.2, 0.25) is 5.91 Å². The second-order valence-electron chi connectivity index (χ2n) is 10.8. The number of anilines is 2. The first-order chi connectivity index (χ1) is 19.4. The molecule has 2 N–H and O–H groups in total. The van der Waals surface area contributed by atoms with Gasteiger partial charge in [-0.3, -0.25) is 19.3 Å². The van der Waals surface area contributed by atoms with Crippen LogP contribution in [0, 0.1) is 11.8 Å². The summed E-state index contributed by atoms with van der Waals surface area (Å²) in [7, 11) is 0. The van der Waals surface area contributed by atoms with Crippen LogP contribution in [0.4, 0.5) is 24.5 Å². The maximum Gasteiger partial charge on any atom is 0.418 e. The third kappa shape index (κ3) is 8.21. The summed E-state index contributed by atoms with van der Waals surface area (Å²) in [6.45, 7) is 5.16. The number of nitrogens with zero attached hydrogens (tertiary/aromatic N) is 2. The lowest BCUT2D eigenvalue weighted by atomic mass is 9.84. The Balaban J connectivity index is 1.60. The van der Waals surface area contributed by atoms with Crippen LogP contribution in [0.5, 0.6) is 0 Å². The number of alkyl halides is 3. The Hall–Kier alpha value is -2.67. The average Bonchev–Trinajstić information content (AvgIpc) is 3.32. The van der Waals surface area contributed by atoms with Crippen LogP contribution in [-0.2, 0) is 20.5 Å². The van der Waals surface area contributed by atoms with Gasteiger partial charge in [-0.1, -0.05) is 31.9 Å². The minimum atomic E-state index is -4.79. The zero-order valence-electron chi connectivity index (χ0n) is 22.9. The number of hydrogen-bond donors (Lipinski definition) is 2. The van der Waals surface area contributed by atoms with E-state index < -0.39 is 41.2 Å². The van der Waals surface area contributed by atoms with E-state index in [1.165, 1.54) is 17.0 Å². The second-order valence-corrected chi connectivity index (χ2v) is 12.5. The van der Waals surface area contributed by atoms with Gasteiger partial charge in [-0.05, 0) is 55.0 Å². The maximum absolute atomic E-state index is 14.2. The van der Waals surface area contributed by atoms with Crippen LogP contribution < -0.4 is 15.5 Å². The van der Waals surface area contributed by atoms with Crippen LogP contribution in [0.15, 0.2) is 30.3 Å². The molecule has 2 fully saturated rings. The van der Waals surface area contributed by atoms with Gasteiger partial charge in [0, 0.05) is 31.9 Å². The minimum Gasteiger partial charge on any atom is -0.370 e. The van der Waals surface area contributed by atoms with Crippen molar-refractivity contribution in [3.8, 4) is 0 Å². The highest BCUT2D eigenvalue weighted by atomic mass is 35.5. The number of morpholine rings is 1. The van der Waals surface area contributed by atoms with Gasteiger partial charge in [0.1, 0.15) is 12.6 Å². The average molecular weight is 615 g/mol. The van der Waals surface area contributed by atoms with Crippen molar-refractivity contribution >= 4 is 52.0 Å². The van der Waals surface area contributed by atoms with Crippen LogP contribution in [0.2, 0.25) is 4.34 Å². The van der Waals surface area contributed by atoms with Crippen molar-refractivity contribution in [3.63, 3.8) is 0 Å². The molecule has 224 valence electrons. The first-order valence-corrected chi connectivity index (χ1v) is 14.8. The number of ether oxygens (including phenoxy) is 1. The highest BCUT2D eigenvalue weighted by Crippen LogP contribution is 2.38. The summed E-state index contributed by atoms with van der Waals surface area (Å²) < 4.78 is 48.1. The number of nitrogens with one attached hydrogen (secondary N) is 2. The summed E-state index contributed by atoms with van der Waals surface area (Å²) in [5, 5.41) is 5.27. The molecule has 41 heavy (non-hydrogen) atoms. The molecule has 0 spiro atoms. The lowest BCUT2D eigenvalue weighted by molar-refractivity contribution is -0.137. The van der Waals surface area contributed by atoms with E-state index in [0.29, 0.717) is 28.2 Å². The zero-order valence-corrected chi connectivity index (χ0v) is 24.5. The van der Waals surface area contributed by atoms with E-state index in [2.05, 4.69) is 10.6 Å². The molecule has 0 radical (unpaired) electrons. The topological polar surface area (TPSA) is 91.0 Å². The summed E-state index contributed by atoms with van der Waals surface area (Å²) in [6.07, 6.45) is -1.66. The van der Waals surface area contributed by atoms with Crippen molar-refractivity contribution in [3.05, 3.63) is 45.1 Å². The molecule has 2 aliphatic rings. The predicted octanol–water partition coefficient (Wildman–Crippen LogP) is 5.28. The number of carbonyl (C=O) groups excluding carboxylic acids is 3. The Kier molecular flexibility index (Phi) is 10.3. The van der Waals surface area contributed by atoms with Gasteiger partial charge in [0.15, 0.2) is 0 Å². The SMILES string of the molecule is CC(C)CN(CC1CCC1)[C@@H](CNC(=O)c1ccc(Cl)s1)C(=O)Nc1ccc(N2CCOCC2=O)cc1C(F)(F)F. The minimum absolute atomic E-state index is 0.0773. The Morgan fingerprint density at radius 1 is 1.22 bits per heavy atom. The van der Waals surface area contributed by atoms with Gasteiger partial charge in [0.05, 0.1) is 27.1 Å². The van der Waals surface area contributed by atoms with Crippen molar-refractivity contribution in [1.82, 2.24) is 10.2 Å². The third-order valence-corrected chi connectivity index (χ3v) is 8.41. The summed E-state index contributed by atoms with van der Waals surface area (Å²) in [5.74, 6) is -0.956. The van der Waals surface area contributed by atoms with Gasteiger partial charge in [-0.15, -0.1) is 11.3 Å². The molecule has 0 bridgehead atoms. The zero-order chi connectivity index (χ0) is 29.7. The largest absolute Gasteiger partial charge is 0.418 e. The van der Waals surface area contributed by atoms with Gasteiger partial charge >= 0.3 is 6.18 Å². The molecule has 1 saturated carbocycles. The monoisotopic (exact) mass is 614 g/mol. The predicted molar refractivity (Wildman–Crippen MR) is 152 cm³/mol. The molecular formula is C28H34ClF3N4O4S. The van der Waals surface area contributed by atoms with Gasteiger partial charge < -0.3 is 20.3 Å². The van der Waals surface area contributed by atoms with Crippen molar-refractivity contribution in [2.24, 2.45) is 11.8 Å². The Morgan fingerprint density at radius 3 is 2.56 bits per heavy atom. The molecule has 3 amide bonds. The van der Waals surface area contributed by atoms with Gasteiger partial charge in [-0.25, -0.2) is 0 Å². The molecule has 1 saturated heterocycles. The highest BCUT2D eigenvalue weighted by Gasteiger charge is 2.37. The first-order valence-electron chi connectivity index (χ1n) is 13.6. The van der Waals surface area contributed by atoms with Gasteiger partial charge in [-0.2, -0.15) is 13.2 Å². The lowest BCUT2D eigenvalue weighted by Gasteiger charge is -2.37. The third-order valence-electron chi connectivity index (χ3n) is 7.18. The van der Waals surface area contributed by atoms with Crippen LogP contribution in [-0.4, -0.2) is 68.1 Å². The summed E-state index contributed by atoms with van der Waals surface area (Å²) in [6, 6.07) is 5.68. The lowest BCUT2D eigenvalue weighted by Crippen LogP contribution is -2.53.